The molecule has 1 N–H and O–H groups in total. The molecule has 12 heavy (non-hydrogen) atoms. The molecule has 0 bridgehead atoms. The molecule has 1 aliphatic rings. The van der Waals surface area contributed by atoms with Gasteiger partial charge in [-0.3, -0.25) is 0 Å². The van der Waals surface area contributed by atoms with E-state index in [2.05, 4.69) is 5.32 Å². The van der Waals surface area contributed by atoms with Gasteiger partial charge in [0.1, 0.15) is 11.6 Å². The van der Waals surface area contributed by atoms with Gasteiger partial charge < -0.3 is 5.32 Å². The van der Waals surface area contributed by atoms with E-state index in [0.717, 1.165) is 13.0 Å². The molecule has 0 aromatic heterocycles. The summed E-state index contributed by atoms with van der Waals surface area (Å²) in [7, 11) is 0. The van der Waals surface area contributed by atoms with Gasteiger partial charge in [0.15, 0.2) is 0 Å². The van der Waals surface area contributed by atoms with Gasteiger partial charge in [0, 0.05) is 11.6 Å². The first-order valence-electron chi connectivity index (χ1n) is 3.96. The molecule has 1 fully saturated rings. The van der Waals surface area contributed by atoms with Crippen molar-refractivity contribution in [2.45, 2.75) is 12.5 Å². The molecule has 0 spiro atoms. The Morgan fingerprint density at radius 1 is 1.25 bits per heavy atom. The average molecular weight is 169 g/mol. The van der Waals surface area contributed by atoms with E-state index < -0.39 is 11.6 Å². The molecule has 1 aliphatic heterocycles. The van der Waals surface area contributed by atoms with Crippen molar-refractivity contribution in [1.29, 1.82) is 0 Å². The molecule has 1 heterocycles. The molecule has 2 rings (SSSR count). The van der Waals surface area contributed by atoms with Gasteiger partial charge in [-0.25, -0.2) is 8.78 Å². The van der Waals surface area contributed by atoms with Crippen LogP contribution in [0.1, 0.15) is 18.0 Å². The highest BCUT2D eigenvalue weighted by Gasteiger charge is 2.24. The Hall–Kier alpha value is -0.960. The minimum atomic E-state index is -0.452. The van der Waals surface area contributed by atoms with E-state index in [1.807, 2.05) is 0 Å². The fourth-order valence-corrected chi connectivity index (χ4v) is 1.38. The van der Waals surface area contributed by atoms with Gasteiger partial charge in [-0.05, 0) is 25.1 Å². The maximum atomic E-state index is 13.0. The highest BCUT2D eigenvalue weighted by Crippen LogP contribution is 2.27. The second kappa shape index (κ2) is 2.83. The van der Waals surface area contributed by atoms with Crippen LogP contribution in [0.2, 0.25) is 0 Å². The van der Waals surface area contributed by atoms with Gasteiger partial charge in [0.2, 0.25) is 0 Å². The molecule has 0 saturated carbocycles. The predicted octanol–water partition coefficient (Wildman–Crippen LogP) is 2.00. The summed E-state index contributed by atoms with van der Waals surface area (Å²) in [4.78, 5) is 0. The lowest BCUT2D eigenvalue weighted by molar-refractivity contribution is 0.356. The number of hydrogen-bond acceptors (Lipinski definition) is 1. The van der Waals surface area contributed by atoms with Gasteiger partial charge in [-0.2, -0.15) is 0 Å². The van der Waals surface area contributed by atoms with Gasteiger partial charge >= 0.3 is 0 Å². The van der Waals surface area contributed by atoms with Gasteiger partial charge in [-0.15, -0.1) is 0 Å². The second-order valence-electron chi connectivity index (χ2n) is 2.93. The standard InChI is InChI=1S/C9H9F2N/c10-6-2-1-3-7(11)9(6)8-4-5-12-8/h1-3,8,12H,4-5H2/t8-/m0/s1. The van der Waals surface area contributed by atoms with Crippen LogP contribution in [0.3, 0.4) is 0 Å². The first-order valence-corrected chi connectivity index (χ1v) is 3.96. The highest BCUT2D eigenvalue weighted by atomic mass is 19.1. The topological polar surface area (TPSA) is 12.0 Å². The zero-order chi connectivity index (χ0) is 8.55. The molecule has 0 aliphatic carbocycles. The van der Waals surface area contributed by atoms with Crippen LogP contribution in [-0.4, -0.2) is 6.54 Å². The minimum Gasteiger partial charge on any atom is -0.310 e. The molecule has 1 aromatic carbocycles. The van der Waals surface area contributed by atoms with Crippen LogP contribution in [0, 0.1) is 11.6 Å². The summed E-state index contributed by atoms with van der Waals surface area (Å²) in [5, 5.41) is 2.96. The quantitative estimate of drug-likeness (QED) is 0.678. The normalized spacial score (nSPS) is 22.0. The molecular formula is C9H9F2N. The first kappa shape index (κ1) is 7.68. The Labute approximate surface area is 69.4 Å². The van der Waals surface area contributed by atoms with Crippen molar-refractivity contribution in [2.75, 3.05) is 6.54 Å². The second-order valence-corrected chi connectivity index (χ2v) is 2.93. The summed E-state index contributed by atoms with van der Waals surface area (Å²) in [6.45, 7) is 0.846. The van der Waals surface area contributed by atoms with Crippen molar-refractivity contribution in [3.8, 4) is 0 Å². The van der Waals surface area contributed by atoms with Crippen molar-refractivity contribution in [2.24, 2.45) is 0 Å². The summed E-state index contributed by atoms with van der Waals surface area (Å²) in [5.74, 6) is -0.903. The van der Waals surface area contributed by atoms with Crippen LogP contribution in [0.25, 0.3) is 0 Å². The summed E-state index contributed by atoms with van der Waals surface area (Å²) in [5.41, 5.74) is 0.184. The third-order valence-electron chi connectivity index (χ3n) is 2.17. The lowest BCUT2D eigenvalue weighted by Gasteiger charge is -2.28. The maximum absolute atomic E-state index is 13.0. The summed E-state index contributed by atoms with van der Waals surface area (Å²) >= 11 is 0. The third-order valence-corrected chi connectivity index (χ3v) is 2.17. The molecule has 1 saturated heterocycles. The molecule has 0 amide bonds. The summed E-state index contributed by atoms with van der Waals surface area (Å²) in [6, 6.07) is 3.84. The van der Waals surface area contributed by atoms with E-state index >= 15 is 0 Å². The molecular weight excluding hydrogens is 160 g/mol. The summed E-state index contributed by atoms with van der Waals surface area (Å²) in [6.07, 6.45) is 0.817. The van der Waals surface area contributed by atoms with Crippen LogP contribution in [-0.2, 0) is 0 Å². The Morgan fingerprint density at radius 3 is 2.25 bits per heavy atom. The lowest BCUT2D eigenvalue weighted by atomic mass is 9.97. The van der Waals surface area contributed by atoms with Crippen LogP contribution >= 0.6 is 0 Å². The third kappa shape index (κ3) is 1.10. The van der Waals surface area contributed by atoms with Crippen molar-refractivity contribution < 1.29 is 8.78 Å². The Kier molecular flexibility index (Phi) is 1.81. The number of hydrogen-bond donors (Lipinski definition) is 1. The van der Waals surface area contributed by atoms with Crippen molar-refractivity contribution in [3.05, 3.63) is 35.4 Å². The Balaban J connectivity index is 2.39. The largest absolute Gasteiger partial charge is 0.310 e. The van der Waals surface area contributed by atoms with Gasteiger partial charge in [0.25, 0.3) is 0 Å². The van der Waals surface area contributed by atoms with Gasteiger partial charge in [-0.1, -0.05) is 6.07 Å². The zero-order valence-electron chi connectivity index (χ0n) is 6.48. The fraction of sp³-hybridized carbons (Fsp3) is 0.333. The number of benzene rings is 1. The molecule has 0 radical (unpaired) electrons. The van der Waals surface area contributed by atoms with Crippen LogP contribution in [0.4, 0.5) is 8.78 Å². The molecule has 1 aromatic rings. The van der Waals surface area contributed by atoms with E-state index in [1.165, 1.54) is 18.2 Å². The first-order chi connectivity index (χ1) is 5.79. The minimum absolute atomic E-state index is 0.119. The van der Waals surface area contributed by atoms with Crippen LogP contribution in [0.15, 0.2) is 18.2 Å². The molecule has 64 valence electrons. The van der Waals surface area contributed by atoms with Crippen LogP contribution in [0.5, 0.6) is 0 Å². The van der Waals surface area contributed by atoms with E-state index in [-0.39, 0.29) is 11.6 Å². The monoisotopic (exact) mass is 169 g/mol. The molecule has 3 heteroatoms. The van der Waals surface area contributed by atoms with Crippen molar-refractivity contribution in [3.63, 3.8) is 0 Å². The SMILES string of the molecule is Fc1cccc(F)c1[C@@H]1CCN1. The average Bonchev–Trinajstić information content (AvgIpc) is 1.93. The van der Waals surface area contributed by atoms with Crippen molar-refractivity contribution >= 4 is 0 Å². The van der Waals surface area contributed by atoms with E-state index in [0.29, 0.717) is 0 Å². The Bertz CT molecular complexity index is 274. The fourth-order valence-electron chi connectivity index (χ4n) is 1.38. The number of halogens is 2. The molecule has 1 nitrogen and oxygen atoms in total. The zero-order valence-corrected chi connectivity index (χ0v) is 6.48. The van der Waals surface area contributed by atoms with Gasteiger partial charge in [0.05, 0.1) is 0 Å². The summed E-state index contributed by atoms with van der Waals surface area (Å²) < 4.78 is 26.1. The van der Waals surface area contributed by atoms with E-state index in [9.17, 15) is 8.78 Å². The number of rotatable bonds is 1. The molecule has 1 atom stereocenters. The Morgan fingerprint density at radius 2 is 1.83 bits per heavy atom. The van der Waals surface area contributed by atoms with E-state index in [1.54, 1.807) is 0 Å². The van der Waals surface area contributed by atoms with Crippen molar-refractivity contribution in [1.82, 2.24) is 5.32 Å². The lowest BCUT2D eigenvalue weighted by Crippen LogP contribution is -2.36. The van der Waals surface area contributed by atoms with Crippen LogP contribution < -0.4 is 5.32 Å². The predicted molar refractivity (Wildman–Crippen MR) is 41.7 cm³/mol. The van der Waals surface area contributed by atoms with E-state index in [4.69, 9.17) is 0 Å². The molecule has 0 unspecified atom stereocenters. The maximum Gasteiger partial charge on any atom is 0.130 e. The highest BCUT2D eigenvalue weighted by molar-refractivity contribution is 5.24. The number of nitrogens with one attached hydrogen (secondary N) is 1. The smallest absolute Gasteiger partial charge is 0.130 e.